The molecule has 1 saturated heterocycles. The standard InChI is InChI=1S/C36H49N5O10S/c1-5-23-18-36(23,32(44)39-52(47,48)25-13-14-25)38-30(42)27-17-24-20-41(27)31(43)29(35(2,3)4)37-33(45)50-16-9-7-6-8-15-49-28-12-10-11-22-19-40(21-26(22)28)34(46)51-24/h5,10-12,23-25,27,29H,1,6-9,13-21H2,2-4H3,(H,37,45)(H,38,42)(H,39,44)/t23-,24?,27-,29+,36-/m0/s1. The fraction of sp³-hybridized carbons (Fsp3) is 0.639. The van der Waals surface area contributed by atoms with E-state index in [1.54, 1.807) is 20.8 Å². The first-order chi connectivity index (χ1) is 24.6. The number of cyclic esters (lactones) is 1. The van der Waals surface area contributed by atoms with Crippen molar-refractivity contribution in [2.24, 2.45) is 11.3 Å². The Kier molecular flexibility index (Phi) is 10.5. The Morgan fingerprint density at radius 1 is 1.04 bits per heavy atom. The monoisotopic (exact) mass is 743 g/mol. The second-order valence-corrected chi connectivity index (χ2v) is 17.5. The first kappa shape index (κ1) is 37.4. The van der Waals surface area contributed by atoms with Crippen molar-refractivity contribution in [3.63, 3.8) is 0 Å². The predicted octanol–water partition coefficient (Wildman–Crippen LogP) is 2.87. The molecule has 5 atom stereocenters. The van der Waals surface area contributed by atoms with Gasteiger partial charge in [-0.2, -0.15) is 0 Å². The van der Waals surface area contributed by atoms with Gasteiger partial charge in [0, 0.05) is 24.4 Å². The third-order valence-electron chi connectivity index (χ3n) is 10.5. The van der Waals surface area contributed by atoms with Crippen LogP contribution in [0.2, 0.25) is 0 Å². The first-order valence-corrected chi connectivity index (χ1v) is 19.6. The van der Waals surface area contributed by atoms with E-state index in [4.69, 9.17) is 14.2 Å². The third kappa shape index (κ3) is 8.01. The Labute approximate surface area is 304 Å². The predicted molar refractivity (Wildman–Crippen MR) is 187 cm³/mol. The number of carbonyl (C=O) groups excluding carboxylic acids is 5. The number of hydrogen-bond donors (Lipinski definition) is 3. The lowest BCUT2D eigenvalue weighted by Crippen LogP contribution is -2.60. The summed E-state index contributed by atoms with van der Waals surface area (Å²) in [6.45, 7) is 10.1. The van der Waals surface area contributed by atoms with Crippen molar-refractivity contribution in [2.75, 3.05) is 19.8 Å². The summed E-state index contributed by atoms with van der Waals surface area (Å²) in [7, 11) is -3.91. The molecule has 0 spiro atoms. The fourth-order valence-corrected chi connectivity index (χ4v) is 8.51. The van der Waals surface area contributed by atoms with Crippen LogP contribution >= 0.6 is 0 Å². The van der Waals surface area contributed by atoms with Crippen LogP contribution < -0.4 is 20.1 Å². The molecule has 3 fully saturated rings. The summed E-state index contributed by atoms with van der Waals surface area (Å²) in [5, 5.41) is 4.77. The molecule has 15 nitrogen and oxygen atoms in total. The summed E-state index contributed by atoms with van der Waals surface area (Å²) in [4.78, 5) is 71.3. The van der Waals surface area contributed by atoms with E-state index in [1.165, 1.54) is 15.9 Å². The number of benzene rings is 1. The Morgan fingerprint density at radius 2 is 1.75 bits per heavy atom. The van der Waals surface area contributed by atoms with Crippen molar-refractivity contribution < 1.29 is 46.6 Å². The lowest BCUT2D eigenvalue weighted by Gasteiger charge is -2.35. The molecule has 284 valence electrons. The highest BCUT2D eigenvalue weighted by Gasteiger charge is 2.62. The van der Waals surface area contributed by atoms with Crippen molar-refractivity contribution in [2.45, 2.75) is 114 Å². The largest absolute Gasteiger partial charge is 0.493 e. The molecule has 0 radical (unpaired) electrons. The molecule has 5 amide bonds. The van der Waals surface area contributed by atoms with Gasteiger partial charge in [0.1, 0.15) is 29.5 Å². The highest BCUT2D eigenvalue weighted by molar-refractivity contribution is 7.91. The number of nitrogens with zero attached hydrogens (tertiary/aromatic N) is 2. The number of hydrogen-bond acceptors (Lipinski definition) is 10. The van der Waals surface area contributed by atoms with Crippen LogP contribution in [0.25, 0.3) is 0 Å². The zero-order valence-electron chi connectivity index (χ0n) is 30.0. The summed E-state index contributed by atoms with van der Waals surface area (Å²) in [6.07, 6.45) is 3.14. The van der Waals surface area contributed by atoms with E-state index in [0.29, 0.717) is 38.2 Å². The molecule has 1 aromatic carbocycles. The van der Waals surface area contributed by atoms with Crippen LogP contribution in [0.3, 0.4) is 0 Å². The Morgan fingerprint density at radius 3 is 2.40 bits per heavy atom. The number of sulfonamides is 1. The van der Waals surface area contributed by atoms with Gasteiger partial charge in [0.15, 0.2) is 0 Å². The summed E-state index contributed by atoms with van der Waals surface area (Å²) in [6, 6.07) is 3.32. The van der Waals surface area contributed by atoms with Crippen LogP contribution in [0.15, 0.2) is 30.9 Å². The maximum absolute atomic E-state index is 14.4. The van der Waals surface area contributed by atoms with Gasteiger partial charge in [-0.3, -0.25) is 24.0 Å². The van der Waals surface area contributed by atoms with Gasteiger partial charge in [0.25, 0.3) is 5.91 Å². The van der Waals surface area contributed by atoms with Gasteiger partial charge < -0.3 is 29.7 Å². The van der Waals surface area contributed by atoms with Gasteiger partial charge in [-0.05, 0) is 62.0 Å². The minimum atomic E-state index is -3.91. The fourth-order valence-electron chi connectivity index (χ4n) is 7.15. The lowest BCUT2D eigenvalue weighted by molar-refractivity contribution is -0.142. The van der Waals surface area contributed by atoms with E-state index in [0.717, 1.165) is 30.4 Å². The van der Waals surface area contributed by atoms with Crippen LogP contribution in [0.5, 0.6) is 5.75 Å². The Balaban J connectivity index is 1.26. The van der Waals surface area contributed by atoms with Gasteiger partial charge >= 0.3 is 12.2 Å². The maximum atomic E-state index is 14.4. The molecular weight excluding hydrogens is 694 g/mol. The minimum Gasteiger partial charge on any atom is -0.493 e. The van der Waals surface area contributed by atoms with Crippen LogP contribution in [0.4, 0.5) is 9.59 Å². The number of alkyl carbamates (subject to hydrolysis) is 1. The molecule has 16 heteroatoms. The number of ether oxygens (including phenoxy) is 3. The van der Waals surface area contributed by atoms with Crippen molar-refractivity contribution in [3.8, 4) is 5.75 Å². The number of rotatable bonds is 6. The van der Waals surface area contributed by atoms with Gasteiger partial charge in [0.05, 0.1) is 31.6 Å². The molecule has 1 aromatic rings. The van der Waals surface area contributed by atoms with Crippen molar-refractivity contribution in [3.05, 3.63) is 42.0 Å². The van der Waals surface area contributed by atoms with Crippen molar-refractivity contribution in [1.29, 1.82) is 0 Å². The average Bonchev–Trinajstić information content (AvgIpc) is 3.97. The van der Waals surface area contributed by atoms with Crippen LogP contribution in [0, 0.1) is 11.3 Å². The van der Waals surface area contributed by atoms with E-state index >= 15 is 0 Å². The van der Waals surface area contributed by atoms with Crippen molar-refractivity contribution in [1.82, 2.24) is 25.2 Å². The van der Waals surface area contributed by atoms with Gasteiger partial charge in [0.2, 0.25) is 21.8 Å². The molecule has 0 aromatic heterocycles. The molecule has 5 aliphatic rings. The van der Waals surface area contributed by atoms with Crippen LogP contribution in [-0.4, -0.2) is 96.9 Å². The molecule has 3 aliphatic heterocycles. The van der Waals surface area contributed by atoms with Crippen molar-refractivity contribution >= 4 is 39.9 Å². The Bertz CT molecular complexity index is 1720. The quantitative estimate of drug-likeness (QED) is 0.366. The second kappa shape index (κ2) is 14.6. The highest BCUT2D eigenvalue weighted by Crippen LogP contribution is 2.45. The molecule has 6 rings (SSSR count). The highest BCUT2D eigenvalue weighted by atomic mass is 32.2. The third-order valence-corrected chi connectivity index (χ3v) is 12.3. The molecule has 1 unspecified atom stereocenters. The molecule has 3 N–H and O–H groups in total. The normalized spacial score (nSPS) is 28.7. The lowest BCUT2D eigenvalue weighted by atomic mass is 9.85. The number of amides is 5. The summed E-state index contributed by atoms with van der Waals surface area (Å²) in [5.74, 6) is -2.05. The van der Waals surface area contributed by atoms with Gasteiger partial charge in [-0.25, -0.2) is 18.0 Å². The Hall–Kier alpha value is -4.34. The zero-order chi connectivity index (χ0) is 37.4. The van der Waals surface area contributed by atoms with Crippen LogP contribution in [-0.2, 0) is 47.0 Å². The zero-order valence-corrected chi connectivity index (χ0v) is 30.8. The average molecular weight is 744 g/mol. The SMILES string of the molecule is C=C[C@H]1C[C@@]1(NC(=O)[C@@H]1CC2CN1C(=O)[C@H](C(C)(C)C)NC(=O)OCCCCCCOc1cccc3c1CN(C3)C(=O)O2)C(=O)NS(=O)(=O)C1CC1. The van der Waals surface area contributed by atoms with Gasteiger partial charge in [-0.15, -0.1) is 6.58 Å². The topological polar surface area (TPSA) is 190 Å². The molecular formula is C36H49N5O10S. The molecule has 3 heterocycles. The molecule has 2 saturated carbocycles. The summed E-state index contributed by atoms with van der Waals surface area (Å²) < 4.78 is 44.9. The molecule has 2 aliphatic carbocycles. The number of carbonyl (C=O) groups is 5. The first-order valence-electron chi connectivity index (χ1n) is 18.1. The van der Waals surface area contributed by atoms with Crippen LogP contribution in [0.1, 0.15) is 83.3 Å². The second-order valence-electron chi connectivity index (χ2n) is 15.5. The van der Waals surface area contributed by atoms with Gasteiger partial charge in [-0.1, -0.05) is 39.0 Å². The summed E-state index contributed by atoms with van der Waals surface area (Å²) >= 11 is 0. The minimum absolute atomic E-state index is 0.101. The van der Waals surface area contributed by atoms with E-state index in [-0.39, 0.29) is 32.5 Å². The summed E-state index contributed by atoms with van der Waals surface area (Å²) in [5.41, 5.74) is -0.584. The maximum Gasteiger partial charge on any atom is 0.410 e. The van der Waals surface area contributed by atoms with E-state index < -0.39 is 80.2 Å². The smallest absolute Gasteiger partial charge is 0.410 e. The van der Waals surface area contributed by atoms with E-state index in [2.05, 4.69) is 21.9 Å². The van der Waals surface area contributed by atoms with E-state index in [1.807, 2.05) is 18.2 Å². The van der Waals surface area contributed by atoms with E-state index in [9.17, 15) is 32.4 Å². The number of nitrogens with one attached hydrogen (secondary N) is 3. The molecule has 4 bridgehead atoms. The number of fused-ring (bicyclic) bond motifs is 3. The molecule has 52 heavy (non-hydrogen) atoms.